The summed E-state index contributed by atoms with van der Waals surface area (Å²) in [4.78, 5) is 12.0. The standard InChI is InChI=1S/C13H20BrN3O/c1-9-6-12(17(2)16-9)13(18)15-8-11-5-3-4-10(11)7-14/h6,10-11H,3-5,7-8H2,1-2H3,(H,15,18). The molecule has 0 saturated heterocycles. The van der Waals surface area contributed by atoms with E-state index in [9.17, 15) is 4.79 Å². The van der Waals surface area contributed by atoms with Gasteiger partial charge in [-0.2, -0.15) is 5.10 Å². The molecule has 2 atom stereocenters. The number of nitrogens with one attached hydrogen (secondary N) is 1. The van der Waals surface area contributed by atoms with Crippen LogP contribution in [0.5, 0.6) is 0 Å². The molecular weight excluding hydrogens is 294 g/mol. The highest BCUT2D eigenvalue weighted by Gasteiger charge is 2.26. The molecule has 0 spiro atoms. The third kappa shape index (κ3) is 2.94. The molecule has 1 saturated carbocycles. The molecule has 5 heteroatoms. The van der Waals surface area contributed by atoms with Crippen LogP contribution < -0.4 is 5.32 Å². The van der Waals surface area contributed by atoms with Gasteiger partial charge in [0.05, 0.1) is 5.69 Å². The monoisotopic (exact) mass is 313 g/mol. The molecule has 18 heavy (non-hydrogen) atoms. The van der Waals surface area contributed by atoms with E-state index < -0.39 is 0 Å². The lowest BCUT2D eigenvalue weighted by Crippen LogP contribution is -2.32. The Hall–Kier alpha value is -0.840. The molecule has 100 valence electrons. The quantitative estimate of drug-likeness (QED) is 0.867. The molecule has 0 aliphatic heterocycles. The van der Waals surface area contributed by atoms with Crippen LogP contribution in [0.25, 0.3) is 0 Å². The van der Waals surface area contributed by atoms with Gasteiger partial charge >= 0.3 is 0 Å². The minimum atomic E-state index is -0.0154. The maximum absolute atomic E-state index is 12.0. The SMILES string of the molecule is Cc1cc(C(=O)NCC2CCCC2CBr)n(C)n1. The molecule has 1 N–H and O–H groups in total. The Bertz CT molecular complexity index is 430. The van der Waals surface area contributed by atoms with E-state index in [0.717, 1.165) is 17.6 Å². The van der Waals surface area contributed by atoms with Crippen LogP contribution in [-0.2, 0) is 7.05 Å². The molecule has 4 nitrogen and oxygen atoms in total. The molecule has 1 amide bonds. The molecule has 1 aliphatic carbocycles. The van der Waals surface area contributed by atoms with E-state index in [-0.39, 0.29) is 5.91 Å². The first kappa shape index (κ1) is 13.6. The van der Waals surface area contributed by atoms with Crippen molar-refractivity contribution in [1.29, 1.82) is 0 Å². The molecule has 2 rings (SSSR count). The second-order valence-electron chi connectivity index (χ2n) is 5.11. The summed E-state index contributed by atoms with van der Waals surface area (Å²) in [6, 6.07) is 1.83. The summed E-state index contributed by atoms with van der Waals surface area (Å²) in [7, 11) is 1.80. The lowest BCUT2D eigenvalue weighted by atomic mass is 9.98. The summed E-state index contributed by atoms with van der Waals surface area (Å²) < 4.78 is 1.64. The molecule has 0 aromatic carbocycles. The zero-order valence-corrected chi connectivity index (χ0v) is 12.5. The van der Waals surface area contributed by atoms with Gasteiger partial charge in [0.25, 0.3) is 5.91 Å². The molecule has 1 aromatic rings. The number of carbonyl (C=O) groups is 1. The van der Waals surface area contributed by atoms with E-state index in [1.165, 1.54) is 19.3 Å². The van der Waals surface area contributed by atoms with Gasteiger partial charge in [0.15, 0.2) is 0 Å². The maximum Gasteiger partial charge on any atom is 0.269 e. The molecule has 0 bridgehead atoms. The first-order valence-corrected chi connectivity index (χ1v) is 7.58. The van der Waals surface area contributed by atoms with E-state index in [4.69, 9.17) is 0 Å². The predicted octanol–water partition coefficient (Wildman–Crippen LogP) is 2.27. The summed E-state index contributed by atoms with van der Waals surface area (Å²) in [5.74, 6) is 1.31. The number of carbonyl (C=O) groups excluding carboxylic acids is 1. The Labute approximate surface area is 116 Å². The molecule has 2 unspecified atom stereocenters. The first-order chi connectivity index (χ1) is 8.61. The largest absolute Gasteiger partial charge is 0.350 e. The van der Waals surface area contributed by atoms with E-state index >= 15 is 0 Å². The van der Waals surface area contributed by atoms with E-state index in [1.807, 2.05) is 13.0 Å². The Morgan fingerprint density at radius 3 is 2.89 bits per heavy atom. The number of halogens is 1. The number of hydrogen-bond donors (Lipinski definition) is 1. The van der Waals surface area contributed by atoms with Crippen molar-refractivity contribution in [3.05, 3.63) is 17.5 Å². The van der Waals surface area contributed by atoms with Crippen LogP contribution in [0.2, 0.25) is 0 Å². The smallest absolute Gasteiger partial charge is 0.269 e. The van der Waals surface area contributed by atoms with E-state index in [0.29, 0.717) is 17.5 Å². The molecule has 1 aliphatic rings. The van der Waals surface area contributed by atoms with Gasteiger partial charge in [-0.25, -0.2) is 0 Å². The molecule has 0 radical (unpaired) electrons. The average molecular weight is 314 g/mol. The Morgan fingerprint density at radius 2 is 2.28 bits per heavy atom. The van der Waals surface area contributed by atoms with Crippen molar-refractivity contribution >= 4 is 21.8 Å². The van der Waals surface area contributed by atoms with Gasteiger partial charge in [-0.05, 0) is 37.7 Å². The van der Waals surface area contributed by atoms with Crippen LogP contribution in [0.15, 0.2) is 6.07 Å². The van der Waals surface area contributed by atoms with Crippen LogP contribution in [0.1, 0.15) is 35.4 Å². The third-order valence-electron chi connectivity index (χ3n) is 3.77. The first-order valence-electron chi connectivity index (χ1n) is 6.46. The number of nitrogens with zero attached hydrogens (tertiary/aromatic N) is 2. The number of alkyl halides is 1. The van der Waals surface area contributed by atoms with Crippen molar-refractivity contribution in [2.24, 2.45) is 18.9 Å². The Balaban J connectivity index is 1.90. The number of aryl methyl sites for hydroxylation is 2. The topological polar surface area (TPSA) is 46.9 Å². The van der Waals surface area contributed by atoms with Crippen LogP contribution in [-0.4, -0.2) is 27.6 Å². The molecule has 1 fully saturated rings. The van der Waals surface area contributed by atoms with Gasteiger partial charge in [0.2, 0.25) is 0 Å². The second-order valence-corrected chi connectivity index (χ2v) is 5.76. The second kappa shape index (κ2) is 5.87. The number of rotatable bonds is 4. The fourth-order valence-corrected chi connectivity index (χ4v) is 3.58. The van der Waals surface area contributed by atoms with Crippen molar-refractivity contribution < 1.29 is 4.79 Å². The molecular formula is C13H20BrN3O. The van der Waals surface area contributed by atoms with Crippen LogP contribution in [0.4, 0.5) is 0 Å². The van der Waals surface area contributed by atoms with Crippen molar-refractivity contribution in [3.63, 3.8) is 0 Å². The van der Waals surface area contributed by atoms with Gasteiger partial charge in [0, 0.05) is 18.9 Å². The van der Waals surface area contributed by atoms with Crippen LogP contribution in [0, 0.1) is 18.8 Å². The van der Waals surface area contributed by atoms with Crippen LogP contribution in [0.3, 0.4) is 0 Å². The summed E-state index contributed by atoms with van der Waals surface area (Å²) in [6.07, 6.45) is 3.78. The fraction of sp³-hybridized carbons (Fsp3) is 0.692. The van der Waals surface area contributed by atoms with Gasteiger partial charge < -0.3 is 5.32 Å². The van der Waals surface area contributed by atoms with Crippen LogP contribution >= 0.6 is 15.9 Å². The summed E-state index contributed by atoms with van der Waals surface area (Å²) in [6.45, 7) is 2.67. The van der Waals surface area contributed by atoms with E-state index in [1.54, 1.807) is 11.7 Å². The minimum Gasteiger partial charge on any atom is -0.350 e. The third-order valence-corrected chi connectivity index (χ3v) is 4.61. The predicted molar refractivity (Wildman–Crippen MR) is 74.9 cm³/mol. The van der Waals surface area contributed by atoms with Crippen molar-refractivity contribution in [2.75, 3.05) is 11.9 Å². The van der Waals surface area contributed by atoms with Crippen molar-refractivity contribution in [3.8, 4) is 0 Å². The molecule has 1 aromatic heterocycles. The normalized spacial score (nSPS) is 23.3. The van der Waals surface area contributed by atoms with Crippen molar-refractivity contribution in [2.45, 2.75) is 26.2 Å². The summed E-state index contributed by atoms with van der Waals surface area (Å²) in [5, 5.41) is 8.27. The zero-order chi connectivity index (χ0) is 13.1. The van der Waals surface area contributed by atoms with Gasteiger partial charge in [-0.15, -0.1) is 0 Å². The highest BCUT2D eigenvalue weighted by Crippen LogP contribution is 2.32. The van der Waals surface area contributed by atoms with Gasteiger partial charge in [-0.1, -0.05) is 22.4 Å². The van der Waals surface area contributed by atoms with E-state index in [2.05, 4.69) is 26.3 Å². The number of hydrogen-bond acceptors (Lipinski definition) is 2. The van der Waals surface area contributed by atoms with Gasteiger partial charge in [0.1, 0.15) is 5.69 Å². The highest BCUT2D eigenvalue weighted by molar-refractivity contribution is 9.09. The van der Waals surface area contributed by atoms with Crippen molar-refractivity contribution in [1.82, 2.24) is 15.1 Å². The molecule has 1 heterocycles. The van der Waals surface area contributed by atoms with Gasteiger partial charge in [-0.3, -0.25) is 9.48 Å². The summed E-state index contributed by atoms with van der Waals surface area (Å²) >= 11 is 3.56. The zero-order valence-electron chi connectivity index (χ0n) is 10.9. The fourth-order valence-electron chi connectivity index (χ4n) is 2.72. The maximum atomic E-state index is 12.0. The average Bonchev–Trinajstić information content (AvgIpc) is 2.92. The Kier molecular flexibility index (Phi) is 4.43. The number of aromatic nitrogens is 2. The highest BCUT2D eigenvalue weighted by atomic mass is 79.9. The lowest BCUT2D eigenvalue weighted by molar-refractivity contribution is 0.0935. The minimum absolute atomic E-state index is 0.0154. The Morgan fingerprint density at radius 1 is 1.56 bits per heavy atom. The summed E-state index contributed by atoms with van der Waals surface area (Å²) in [5.41, 5.74) is 1.52. The number of amides is 1. The lowest BCUT2D eigenvalue weighted by Gasteiger charge is -2.17.